The summed E-state index contributed by atoms with van der Waals surface area (Å²) in [4.78, 5) is 17.5. The molecule has 0 radical (unpaired) electrons. The van der Waals surface area contributed by atoms with Gasteiger partial charge in [-0.25, -0.2) is 4.98 Å². The molecule has 1 heterocycles. The van der Waals surface area contributed by atoms with Gasteiger partial charge in [-0.2, -0.15) is 0 Å². The van der Waals surface area contributed by atoms with E-state index in [1.54, 1.807) is 0 Å². The second-order valence-corrected chi connectivity index (χ2v) is 6.39. The van der Waals surface area contributed by atoms with E-state index in [1.807, 2.05) is 28.8 Å². The minimum atomic E-state index is 0.0656. The van der Waals surface area contributed by atoms with Crippen molar-refractivity contribution in [1.82, 2.24) is 9.55 Å². The van der Waals surface area contributed by atoms with Crippen LogP contribution in [0.4, 0.5) is 0 Å². The number of hydrogen-bond donors (Lipinski definition) is 0. The Hall–Kier alpha value is -1.35. The molecule has 0 bridgehead atoms. The van der Waals surface area contributed by atoms with Crippen LogP contribution in [0.25, 0.3) is 10.9 Å². The summed E-state index contributed by atoms with van der Waals surface area (Å²) in [6.07, 6.45) is 5.69. The normalized spacial score (nSPS) is 23.1. The number of benzene rings is 1. The second-order valence-electron chi connectivity index (χ2n) is 6.12. The van der Waals surface area contributed by atoms with E-state index in [0.29, 0.717) is 11.2 Å². The molecule has 0 saturated heterocycles. The van der Waals surface area contributed by atoms with Crippen LogP contribution >= 0.6 is 11.6 Å². The van der Waals surface area contributed by atoms with E-state index < -0.39 is 0 Å². The van der Waals surface area contributed by atoms with Gasteiger partial charge in [-0.3, -0.25) is 9.36 Å². The number of halogens is 1. The van der Waals surface area contributed by atoms with E-state index in [1.165, 1.54) is 19.3 Å². The Labute approximate surface area is 130 Å². The number of fused-ring (bicyclic) bond motifs is 1. The highest BCUT2D eigenvalue weighted by atomic mass is 35.5. The summed E-state index contributed by atoms with van der Waals surface area (Å²) >= 11 is 6.07. The van der Waals surface area contributed by atoms with Crippen LogP contribution in [0.2, 0.25) is 0 Å². The molecule has 0 aliphatic heterocycles. The maximum atomic E-state index is 12.9. The maximum absolute atomic E-state index is 12.9. The molecule has 21 heavy (non-hydrogen) atoms. The van der Waals surface area contributed by atoms with Crippen molar-refractivity contribution >= 4 is 22.5 Å². The molecular weight excluding hydrogens is 284 g/mol. The first-order valence-electron chi connectivity index (χ1n) is 7.77. The monoisotopic (exact) mass is 304 g/mol. The first-order chi connectivity index (χ1) is 10.2. The summed E-state index contributed by atoms with van der Waals surface area (Å²) in [5.74, 6) is 1.74. The third-order valence-corrected chi connectivity index (χ3v) is 4.83. The molecule has 1 fully saturated rings. The zero-order chi connectivity index (χ0) is 14.8. The summed E-state index contributed by atoms with van der Waals surface area (Å²) in [5.41, 5.74) is 0.812. The first kappa shape index (κ1) is 14.6. The van der Waals surface area contributed by atoms with Crippen LogP contribution in [0.1, 0.15) is 50.9 Å². The zero-order valence-electron chi connectivity index (χ0n) is 12.4. The number of nitrogens with zero attached hydrogens (tertiary/aromatic N) is 2. The molecule has 2 aromatic rings. The van der Waals surface area contributed by atoms with E-state index in [2.05, 4.69) is 11.9 Å². The third-order valence-electron chi connectivity index (χ3n) is 4.59. The molecule has 2 atom stereocenters. The average molecular weight is 305 g/mol. The lowest BCUT2D eigenvalue weighted by Gasteiger charge is -2.21. The van der Waals surface area contributed by atoms with Crippen molar-refractivity contribution in [1.29, 1.82) is 0 Å². The van der Waals surface area contributed by atoms with Crippen molar-refractivity contribution in [3.05, 3.63) is 40.4 Å². The van der Waals surface area contributed by atoms with Crippen molar-refractivity contribution in [3.63, 3.8) is 0 Å². The Morgan fingerprint density at radius 1 is 1.24 bits per heavy atom. The fraction of sp³-hybridized carbons (Fsp3) is 0.529. The summed E-state index contributed by atoms with van der Waals surface area (Å²) in [5, 5.41) is 0.698. The standard InChI is InChI=1S/C17H21ClN2O/c1-12-5-4-6-13(10-9-12)20-16(11-18)19-15-8-3-2-7-14(15)17(20)21/h2-3,7-8,12-13H,4-6,9-11H2,1H3. The van der Waals surface area contributed by atoms with Crippen molar-refractivity contribution < 1.29 is 0 Å². The Bertz CT molecular complexity index is 695. The van der Waals surface area contributed by atoms with Crippen molar-refractivity contribution in [2.45, 2.75) is 50.9 Å². The highest BCUT2D eigenvalue weighted by Gasteiger charge is 2.22. The van der Waals surface area contributed by atoms with E-state index in [9.17, 15) is 4.79 Å². The third kappa shape index (κ3) is 2.84. The van der Waals surface area contributed by atoms with Gasteiger partial charge in [0.25, 0.3) is 5.56 Å². The van der Waals surface area contributed by atoms with Gasteiger partial charge < -0.3 is 0 Å². The van der Waals surface area contributed by atoms with E-state index in [0.717, 1.165) is 24.3 Å². The van der Waals surface area contributed by atoms with Crippen LogP contribution in [0.15, 0.2) is 29.1 Å². The van der Waals surface area contributed by atoms with Crippen molar-refractivity contribution in [2.75, 3.05) is 0 Å². The zero-order valence-corrected chi connectivity index (χ0v) is 13.1. The Morgan fingerprint density at radius 2 is 2.05 bits per heavy atom. The SMILES string of the molecule is CC1CCCC(n2c(CCl)nc3ccccc3c2=O)CC1. The van der Waals surface area contributed by atoms with E-state index in [-0.39, 0.29) is 17.5 Å². The minimum Gasteiger partial charge on any atom is -0.292 e. The maximum Gasteiger partial charge on any atom is 0.261 e. The molecule has 1 aliphatic rings. The fourth-order valence-electron chi connectivity index (χ4n) is 3.39. The van der Waals surface area contributed by atoms with Gasteiger partial charge in [-0.1, -0.05) is 31.9 Å². The van der Waals surface area contributed by atoms with Gasteiger partial charge in [-0.05, 0) is 37.3 Å². The second kappa shape index (κ2) is 6.18. The van der Waals surface area contributed by atoms with Crippen molar-refractivity contribution in [2.24, 2.45) is 5.92 Å². The topological polar surface area (TPSA) is 34.9 Å². The molecule has 2 unspecified atom stereocenters. The van der Waals surface area contributed by atoms with Gasteiger partial charge in [0.05, 0.1) is 16.8 Å². The lowest BCUT2D eigenvalue weighted by Crippen LogP contribution is -2.29. The number of hydrogen-bond acceptors (Lipinski definition) is 2. The lowest BCUT2D eigenvalue weighted by molar-refractivity contribution is 0.411. The largest absolute Gasteiger partial charge is 0.292 e. The first-order valence-corrected chi connectivity index (χ1v) is 8.30. The van der Waals surface area contributed by atoms with E-state index >= 15 is 0 Å². The molecule has 4 heteroatoms. The quantitative estimate of drug-likeness (QED) is 0.613. The molecule has 3 nitrogen and oxygen atoms in total. The molecule has 1 aromatic carbocycles. The molecular formula is C17H21ClN2O. The van der Waals surface area contributed by atoms with Gasteiger partial charge in [0.2, 0.25) is 0 Å². The molecule has 0 amide bonds. The minimum absolute atomic E-state index is 0.0656. The van der Waals surface area contributed by atoms with Crippen LogP contribution in [-0.4, -0.2) is 9.55 Å². The van der Waals surface area contributed by atoms with Crippen LogP contribution in [0.3, 0.4) is 0 Å². The summed E-state index contributed by atoms with van der Waals surface area (Å²) in [6, 6.07) is 7.79. The van der Waals surface area contributed by atoms with Gasteiger partial charge in [-0.15, -0.1) is 11.6 Å². The predicted octanol–water partition coefficient (Wildman–Crippen LogP) is 4.28. The Morgan fingerprint density at radius 3 is 2.86 bits per heavy atom. The smallest absolute Gasteiger partial charge is 0.261 e. The summed E-state index contributed by atoms with van der Waals surface area (Å²) in [7, 11) is 0. The average Bonchev–Trinajstić information content (AvgIpc) is 2.72. The number of rotatable bonds is 2. The van der Waals surface area contributed by atoms with Crippen LogP contribution in [0, 0.1) is 5.92 Å². The molecule has 1 saturated carbocycles. The van der Waals surface area contributed by atoms with Gasteiger partial charge in [0.15, 0.2) is 0 Å². The fourth-order valence-corrected chi connectivity index (χ4v) is 3.58. The molecule has 1 aliphatic carbocycles. The highest BCUT2D eigenvalue weighted by Crippen LogP contribution is 2.30. The number of aromatic nitrogens is 2. The van der Waals surface area contributed by atoms with Gasteiger partial charge >= 0.3 is 0 Å². The van der Waals surface area contributed by atoms with Gasteiger partial charge in [0.1, 0.15) is 5.82 Å². The molecule has 0 spiro atoms. The van der Waals surface area contributed by atoms with E-state index in [4.69, 9.17) is 11.6 Å². The van der Waals surface area contributed by atoms with Crippen LogP contribution < -0.4 is 5.56 Å². The number of alkyl halides is 1. The highest BCUT2D eigenvalue weighted by molar-refractivity contribution is 6.16. The molecule has 3 rings (SSSR count). The van der Waals surface area contributed by atoms with Crippen LogP contribution in [0.5, 0.6) is 0 Å². The predicted molar refractivity (Wildman–Crippen MR) is 86.8 cm³/mol. The number of para-hydroxylation sites is 1. The van der Waals surface area contributed by atoms with Crippen LogP contribution in [-0.2, 0) is 5.88 Å². The molecule has 1 aromatic heterocycles. The van der Waals surface area contributed by atoms with Gasteiger partial charge in [0, 0.05) is 6.04 Å². The van der Waals surface area contributed by atoms with Crippen molar-refractivity contribution in [3.8, 4) is 0 Å². The summed E-state index contributed by atoms with van der Waals surface area (Å²) in [6.45, 7) is 2.30. The summed E-state index contributed by atoms with van der Waals surface area (Å²) < 4.78 is 1.87. The Balaban J connectivity index is 2.12. The lowest BCUT2D eigenvalue weighted by atomic mass is 10.0. The molecule has 112 valence electrons. The molecule has 0 N–H and O–H groups in total. The Kier molecular flexibility index (Phi) is 4.29.